The van der Waals surface area contributed by atoms with Gasteiger partial charge in [0, 0.05) is 12.2 Å². The van der Waals surface area contributed by atoms with Gasteiger partial charge in [-0.15, -0.1) is 0 Å². The summed E-state index contributed by atoms with van der Waals surface area (Å²) < 4.78 is 5.67. The average Bonchev–Trinajstić information content (AvgIpc) is 2.60. The molecule has 0 fully saturated rings. The molecule has 0 aliphatic rings. The summed E-state index contributed by atoms with van der Waals surface area (Å²) in [6.45, 7) is 4.50. The Morgan fingerprint density at radius 1 is 1.08 bits per heavy atom. The molecule has 0 saturated carbocycles. The molecule has 5 heteroatoms. The number of hydrogen-bond donors (Lipinski definition) is 3. The molecule has 1 unspecified atom stereocenters. The van der Waals surface area contributed by atoms with Gasteiger partial charge in [-0.05, 0) is 35.7 Å². The van der Waals surface area contributed by atoms with E-state index in [-0.39, 0.29) is 18.5 Å². The summed E-state index contributed by atoms with van der Waals surface area (Å²) in [5.74, 6) is 0.928. The Kier molecular flexibility index (Phi) is 6.63. The summed E-state index contributed by atoms with van der Waals surface area (Å²) in [5, 5.41) is 15.1. The Labute approximate surface area is 142 Å². The standard InChI is InChI=1S/C19H24N2O3/c1-14(2)18(22)12-20-19(23)21-16-10-8-15(9-11-16)13-24-17-6-4-3-5-7-17/h3-11,14,18,22H,12-13H2,1-2H3,(H2,20,21,23). The van der Waals surface area contributed by atoms with Gasteiger partial charge in [-0.25, -0.2) is 4.79 Å². The van der Waals surface area contributed by atoms with E-state index in [4.69, 9.17) is 4.74 Å². The molecule has 0 spiro atoms. The summed E-state index contributed by atoms with van der Waals surface area (Å²) in [6.07, 6.45) is -0.548. The quantitative estimate of drug-likeness (QED) is 0.729. The highest BCUT2D eigenvalue weighted by molar-refractivity contribution is 5.89. The topological polar surface area (TPSA) is 70.6 Å². The predicted octanol–water partition coefficient (Wildman–Crippen LogP) is 3.40. The molecule has 2 rings (SSSR count). The normalized spacial score (nSPS) is 11.8. The first kappa shape index (κ1) is 17.8. The average molecular weight is 328 g/mol. The monoisotopic (exact) mass is 328 g/mol. The summed E-state index contributed by atoms with van der Waals surface area (Å²) >= 11 is 0. The van der Waals surface area contributed by atoms with Crippen LogP contribution in [0.4, 0.5) is 10.5 Å². The van der Waals surface area contributed by atoms with Crippen molar-refractivity contribution in [2.45, 2.75) is 26.6 Å². The second-order valence-corrected chi connectivity index (χ2v) is 5.95. The van der Waals surface area contributed by atoms with Gasteiger partial charge >= 0.3 is 6.03 Å². The third-order valence-corrected chi connectivity index (χ3v) is 3.60. The molecule has 0 radical (unpaired) electrons. The van der Waals surface area contributed by atoms with Crippen LogP contribution >= 0.6 is 0 Å². The van der Waals surface area contributed by atoms with Crippen molar-refractivity contribution >= 4 is 11.7 Å². The number of rotatable bonds is 7. The number of ether oxygens (including phenoxy) is 1. The minimum atomic E-state index is -0.548. The van der Waals surface area contributed by atoms with Crippen LogP contribution in [0, 0.1) is 5.92 Å². The van der Waals surface area contributed by atoms with E-state index in [1.54, 1.807) is 0 Å². The molecule has 0 bridgehead atoms. The Morgan fingerprint density at radius 3 is 2.38 bits per heavy atom. The number of amides is 2. The second kappa shape index (κ2) is 8.93. The number of anilines is 1. The molecule has 2 amide bonds. The fourth-order valence-corrected chi connectivity index (χ4v) is 1.98. The lowest BCUT2D eigenvalue weighted by Crippen LogP contribution is -2.37. The number of carbonyl (C=O) groups is 1. The number of aliphatic hydroxyl groups excluding tert-OH is 1. The largest absolute Gasteiger partial charge is 0.489 e. The van der Waals surface area contributed by atoms with Gasteiger partial charge in [-0.1, -0.05) is 44.2 Å². The number of hydrogen-bond acceptors (Lipinski definition) is 3. The lowest BCUT2D eigenvalue weighted by atomic mass is 10.1. The Bertz CT molecular complexity index is 627. The van der Waals surface area contributed by atoms with Gasteiger partial charge in [-0.3, -0.25) is 0 Å². The van der Waals surface area contributed by atoms with Crippen LogP contribution in [0.25, 0.3) is 0 Å². The van der Waals surface area contributed by atoms with E-state index < -0.39 is 6.10 Å². The number of urea groups is 1. The van der Waals surface area contributed by atoms with Gasteiger partial charge in [0.25, 0.3) is 0 Å². The minimum absolute atomic E-state index is 0.106. The van der Waals surface area contributed by atoms with E-state index in [2.05, 4.69) is 10.6 Å². The van der Waals surface area contributed by atoms with Gasteiger partial charge < -0.3 is 20.5 Å². The summed E-state index contributed by atoms with van der Waals surface area (Å²) in [4.78, 5) is 11.8. The predicted molar refractivity (Wildman–Crippen MR) is 95.1 cm³/mol. The van der Waals surface area contributed by atoms with Crippen molar-refractivity contribution in [1.82, 2.24) is 5.32 Å². The lowest BCUT2D eigenvalue weighted by molar-refractivity contribution is 0.126. The number of nitrogens with one attached hydrogen (secondary N) is 2. The van der Waals surface area contributed by atoms with Gasteiger partial charge in [0.2, 0.25) is 0 Å². The molecular weight excluding hydrogens is 304 g/mol. The molecule has 0 aromatic heterocycles. The van der Waals surface area contributed by atoms with Crippen molar-refractivity contribution in [3.05, 3.63) is 60.2 Å². The maximum Gasteiger partial charge on any atom is 0.319 e. The zero-order chi connectivity index (χ0) is 17.4. The molecular formula is C19H24N2O3. The summed E-state index contributed by atoms with van der Waals surface area (Å²) in [7, 11) is 0. The molecule has 2 aromatic carbocycles. The summed E-state index contributed by atoms with van der Waals surface area (Å²) in [5.41, 5.74) is 1.70. The molecule has 128 valence electrons. The minimum Gasteiger partial charge on any atom is -0.489 e. The van der Waals surface area contributed by atoms with Crippen LogP contribution in [0.15, 0.2) is 54.6 Å². The van der Waals surface area contributed by atoms with Crippen molar-refractivity contribution in [2.24, 2.45) is 5.92 Å². The SMILES string of the molecule is CC(C)C(O)CNC(=O)Nc1ccc(COc2ccccc2)cc1. The first-order chi connectivity index (χ1) is 11.5. The van der Waals surface area contributed by atoms with Crippen LogP contribution < -0.4 is 15.4 Å². The van der Waals surface area contributed by atoms with E-state index in [1.807, 2.05) is 68.4 Å². The van der Waals surface area contributed by atoms with Crippen molar-refractivity contribution in [1.29, 1.82) is 0 Å². The maximum absolute atomic E-state index is 11.8. The highest BCUT2D eigenvalue weighted by Gasteiger charge is 2.10. The molecule has 3 N–H and O–H groups in total. The van der Waals surface area contributed by atoms with Gasteiger partial charge in [0.15, 0.2) is 0 Å². The van der Waals surface area contributed by atoms with Crippen molar-refractivity contribution in [3.63, 3.8) is 0 Å². The first-order valence-electron chi connectivity index (χ1n) is 8.04. The van der Waals surface area contributed by atoms with Crippen LogP contribution in [0.2, 0.25) is 0 Å². The molecule has 0 saturated heterocycles. The van der Waals surface area contributed by atoms with Crippen LogP contribution in [-0.4, -0.2) is 23.8 Å². The third-order valence-electron chi connectivity index (χ3n) is 3.60. The van der Waals surface area contributed by atoms with Crippen LogP contribution in [0.3, 0.4) is 0 Å². The van der Waals surface area contributed by atoms with Gasteiger partial charge in [0.05, 0.1) is 6.10 Å². The molecule has 0 aliphatic heterocycles. The highest BCUT2D eigenvalue weighted by Crippen LogP contribution is 2.14. The Balaban J connectivity index is 1.78. The summed E-state index contributed by atoms with van der Waals surface area (Å²) in [6, 6.07) is 16.7. The van der Waals surface area contributed by atoms with Crippen molar-refractivity contribution in [2.75, 3.05) is 11.9 Å². The fraction of sp³-hybridized carbons (Fsp3) is 0.316. The van der Waals surface area contributed by atoms with E-state index in [9.17, 15) is 9.90 Å². The number of para-hydroxylation sites is 1. The van der Waals surface area contributed by atoms with E-state index >= 15 is 0 Å². The number of carbonyl (C=O) groups excluding carboxylic acids is 1. The van der Waals surface area contributed by atoms with Crippen LogP contribution in [-0.2, 0) is 6.61 Å². The fourth-order valence-electron chi connectivity index (χ4n) is 1.98. The lowest BCUT2D eigenvalue weighted by Gasteiger charge is -2.15. The third kappa shape index (κ3) is 5.93. The highest BCUT2D eigenvalue weighted by atomic mass is 16.5. The van der Waals surface area contributed by atoms with Crippen molar-refractivity contribution in [3.8, 4) is 5.75 Å². The molecule has 2 aromatic rings. The first-order valence-corrected chi connectivity index (χ1v) is 8.04. The van der Waals surface area contributed by atoms with E-state index in [0.29, 0.717) is 12.3 Å². The number of aliphatic hydroxyl groups is 1. The zero-order valence-corrected chi connectivity index (χ0v) is 14.0. The van der Waals surface area contributed by atoms with E-state index in [1.165, 1.54) is 0 Å². The van der Waals surface area contributed by atoms with Crippen molar-refractivity contribution < 1.29 is 14.6 Å². The Morgan fingerprint density at radius 2 is 1.75 bits per heavy atom. The molecule has 1 atom stereocenters. The smallest absolute Gasteiger partial charge is 0.319 e. The molecule has 24 heavy (non-hydrogen) atoms. The molecule has 0 heterocycles. The Hall–Kier alpha value is -2.53. The van der Waals surface area contributed by atoms with E-state index in [0.717, 1.165) is 11.3 Å². The van der Waals surface area contributed by atoms with Gasteiger partial charge in [0.1, 0.15) is 12.4 Å². The maximum atomic E-state index is 11.8. The molecule has 0 aliphatic carbocycles. The van der Waals surface area contributed by atoms with Crippen LogP contribution in [0.1, 0.15) is 19.4 Å². The zero-order valence-electron chi connectivity index (χ0n) is 14.0. The number of benzene rings is 2. The van der Waals surface area contributed by atoms with Gasteiger partial charge in [-0.2, -0.15) is 0 Å². The van der Waals surface area contributed by atoms with Crippen LogP contribution in [0.5, 0.6) is 5.75 Å². The molecule has 5 nitrogen and oxygen atoms in total. The second-order valence-electron chi connectivity index (χ2n) is 5.95.